The molecule has 0 spiro atoms. The highest BCUT2D eigenvalue weighted by molar-refractivity contribution is 5.81. The number of rotatable bonds is 12. The Morgan fingerprint density at radius 2 is 1.42 bits per heavy atom. The molecule has 0 radical (unpaired) electrons. The molecule has 0 aliphatic heterocycles. The molecule has 2 atom stereocenters. The van der Waals surface area contributed by atoms with E-state index in [2.05, 4.69) is 60.4 Å². The summed E-state index contributed by atoms with van der Waals surface area (Å²) in [5.74, 6) is -0.0810. The van der Waals surface area contributed by atoms with Crippen molar-refractivity contribution >= 4 is 17.0 Å². The largest absolute Gasteiger partial charge is 0.463 e. The van der Waals surface area contributed by atoms with Gasteiger partial charge in [0, 0.05) is 19.2 Å². The van der Waals surface area contributed by atoms with Crippen LogP contribution in [0.1, 0.15) is 44.0 Å². The SMILES string of the molecule is CCOC(=O)/C=C/CCC(C)C(N(Cc1ccccc1)Cc1ccccc1)n1nc2ccccc2n1. The third-order valence-electron chi connectivity index (χ3n) is 6.21. The van der Waals surface area contributed by atoms with E-state index >= 15 is 0 Å². The van der Waals surface area contributed by atoms with Crippen molar-refractivity contribution in [2.24, 2.45) is 5.92 Å². The van der Waals surface area contributed by atoms with Crippen molar-refractivity contribution in [3.05, 3.63) is 108 Å². The van der Waals surface area contributed by atoms with Gasteiger partial charge in [0.2, 0.25) is 0 Å². The van der Waals surface area contributed by atoms with Gasteiger partial charge >= 0.3 is 5.97 Å². The molecule has 4 aromatic rings. The molecular weight excluding hydrogens is 448 g/mol. The monoisotopic (exact) mass is 482 g/mol. The van der Waals surface area contributed by atoms with Crippen LogP contribution in [0.5, 0.6) is 0 Å². The molecule has 4 rings (SSSR count). The summed E-state index contributed by atoms with van der Waals surface area (Å²) in [6.07, 6.45) is 4.99. The molecule has 1 aromatic heterocycles. The standard InChI is InChI=1S/C30H34N4O2/c1-3-36-29(35)21-13-10-14-24(2)30(34-31-27-19-11-12-20-28(27)32-34)33(22-25-15-6-4-7-16-25)23-26-17-8-5-9-18-26/h4-9,11-13,15-21,24,30H,3,10,14,22-23H2,1-2H3/b21-13+. The first-order chi connectivity index (χ1) is 17.6. The Morgan fingerprint density at radius 1 is 0.889 bits per heavy atom. The van der Waals surface area contributed by atoms with Crippen LogP contribution >= 0.6 is 0 Å². The number of benzene rings is 3. The van der Waals surface area contributed by atoms with Crippen LogP contribution in [0.3, 0.4) is 0 Å². The van der Waals surface area contributed by atoms with Crippen LogP contribution in [0.2, 0.25) is 0 Å². The van der Waals surface area contributed by atoms with Gasteiger partial charge in [-0.05, 0) is 48.9 Å². The van der Waals surface area contributed by atoms with Crippen molar-refractivity contribution in [1.82, 2.24) is 19.9 Å². The maximum absolute atomic E-state index is 11.7. The highest BCUT2D eigenvalue weighted by atomic mass is 16.5. The molecule has 0 fully saturated rings. The molecule has 6 heteroatoms. The molecule has 0 amide bonds. The Morgan fingerprint density at radius 3 is 1.94 bits per heavy atom. The van der Waals surface area contributed by atoms with Gasteiger partial charge in [-0.25, -0.2) is 4.79 Å². The van der Waals surface area contributed by atoms with Crippen molar-refractivity contribution in [2.45, 2.75) is 45.9 Å². The van der Waals surface area contributed by atoms with Gasteiger partial charge in [-0.2, -0.15) is 15.0 Å². The lowest BCUT2D eigenvalue weighted by molar-refractivity contribution is -0.137. The normalized spacial score (nSPS) is 13.3. The molecule has 2 unspecified atom stereocenters. The first-order valence-electron chi connectivity index (χ1n) is 12.6. The molecule has 36 heavy (non-hydrogen) atoms. The molecular formula is C30H34N4O2. The van der Waals surface area contributed by atoms with Crippen molar-refractivity contribution in [2.75, 3.05) is 6.61 Å². The van der Waals surface area contributed by atoms with Crippen LogP contribution < -0.4 is 0 Å². The van der Waals surface area contributed by atoms with Crippen molar-refractivity contribution in [3.63, 3.8) is 0 Å². The van der Waals surface area contributed by atoms with Crippen LogP contribution in [-0.2, 0) is 22.6 Å². The number of carbonyl (C=O) groups excluding carboxylic acids is 1. The van der Waals surface area contributed by atoms with E-state index in [1.165, 1.54) is 17.2 Å². The van der Waals surface area contributed by atoms with Gasteiger partial charge in [-0.1, -0.05) is 85.8 Å². The first kappa shape index (κ1) is 25.3. The number of aromatic nitrogens is 3. The summed E-state index contributed by atoms with van der Waals surface area (Å²) in [5, 5.41) is 9.78. The van der Waals surface area contributed by atoms with Crippen LogP contribution in [0.4, 0.5) is 0 Å². The summed E-state index contributed by atoms with van der Waals surface area (Å²) in [5.41, 5.74) is 4.25. The Bertz CT molecular complexity index is 1180. The Hall–Kier alpha value is -3.77. The number of ether oxygens (including phenoxy) is 1. The highest BCUT2D eigenvalue weighted by Crippen LogP contribution is 2.30. The number of esters is 1. The maximum atomic E-state index is 11.7. The number of nitrogens with zero attached hydrogens (tertiary/aromatic N) is 4. The Labute approximate surface area is 213 Å². The fourth-order valence-electron chi connectivity index (χ4n) is 4.49. The second-order valence-corrected chi connectivity index (χ2v) is 9.01. The van der Waals surface area contributed by atoms with E-state index in [0.717, 1.165) is 37.0 Å². The van der Waals surface area contributed by atoms with Crippen molar-refractivity contribution < 1.29 is 9.53 Å². The van der Waals surface area contributed by atoms with Gasteiger partial charge in [0.15, 0.2) is 0 Å². The van der Waals surface area contributed by atoms with Gasteiger partial charge in [0.1, 0.15) is 17.2 Å². The second kappa shape index (κ2) is 12.8. The summed E-state index contributed by atoms with van der Waals surface area (Å²) < 4.78 is 5.01. The lowest BCUT2D eigenvalue weighted by Crippen LogP contribution is -2.37. The topological polar surface area (TPSA) is 60.2 Å². The third-order valence-corrected chi connectivity index (χ3v) is 6.21. The fraction of sp³-hybridized carbons (Fsp3) is 0.300. The summed E-state index contributed by atoms with van der Waals surface area (Å²) in [4.78, 5) is 16.0. The van der Waals surface area contributed by atoms with E-state index in [1.807, 2.05) is 54.2 Å². The molecule has 0 saturated heterocycles. The second-order valence-electron chi connectivity index (χ2n) is 9.01. The maximum Gasteiger partial charge on any atom is 0.330 e. The minimum atomic E-state index is -0.295. The first-order valence-corrected chi connectivity index (χ1v) is 12.6. The molecule has 0 N–H and O–H groups in total. The Balaban J connectivity index is 1.65. The predicted octanol–water partition coefficient (Wildman–Crippen LogP) is 6.17. The van der Waals surface area contributed by atoms with E-state index in [1.54, 1.807) is 0 Å². The lowest BCUT2D eigenvalue weighted by Gasteiger charge is -2.35. The molecule has 0 aliphatic carbocycles. The molecule has 0 aliphatic rings. The van der Waals surface area contributed by atoms with E-state index in [0.29, 0.717) is 6.61 Å². The summed E-state index contributed by atoms with van der Waals surface area (Å²) >= 11 is 0. The predicted molar refractivity (Wildman–Crippen MR) is 143 cm³/mol. The van der Waals surface area contributed by atoms with Gasteiger partial charge < -0.3 is 4.74 Å². The summed E-state index contributed by atoms with van der Waals surface area (Å²) in [7, 11) is 0. The number of allylic oxidation sites excluding steroid dienone is 1. The van der Waals surface area contributed by atoms with E-state index in [4.69, 9.17) is 14.9 Å². The molecule has 186 valence electrons. The molecule has 6 nitrogen and oxygen atoms in total. The van der Waals surface area contributed by atoms with Crippen LogP contribution in [0.25, 0.3) is 11.0 Å². The van der Waals surface area contributed by atoms with Gasteiger partial charge in [0.05, 0.1) is 6.61 Å². The zero-order valence-corrected chi connectivity index (χ0v) is 21.0. The highest BCUT2D eigenvalue weighted by Gasteiger charge is 2.28. The van der Waals surface area contributed by atoms with Crippen LogP contribution in [-0.4, -0.2) is 32.5 Å². The molecule has 0 bridgehead atoms. The number of carbonyl (C=O) groups is 1. The fourth-order valence-corrected chi connectivity index (χ4v) is 4.49. The molecule has 0 saturated carbocycles. The zero-order valence-electron chi connectivity index (χ0n) is 21.0. The third kappa shape index (κ3) is 6.89. The number of fused-ring (bicyclic) bond motifs is 1. The quantitative estimate of drug-likeness (QED) is 0.179. The van der Waals surface area contributed by atoms with Crippen LogP contribution in [0, 0.1) is 5.92 Å². The Kier molecular flexibility index (Phi) is 9.00. The average Bonchev–Trinajstić information content (AvgIpc) is 3.32. The minimum absolute atomic E-state index is 0.0752. The molecule has 3 aromatic carbocycles. The van der Waals surface area contributed by atoms with Gasteiger partial charge in [-0.3, -0.25) is 4.90 Å². The lowest BCUT2D eigenvalue weighted by atomic mass is 9.99. The summed E-state index contributed by atoms with van der Waals surface area (Å²) in [6.45, 7) is 5.96. The number of hydrogen-bond acceptors (Lipinski definition) is 5. The number of hydrogen-bond donors (Lipinski definition) is 0. The average molecular weight is 483 g/mol. The van der Waals surface area contributed by atoms with E-state index < -0.39 is 0 Å². The van der Waals surface area contributed by atoms with Gasteiger partial charge in [0.25, 0.3) is 0 Å². The van der Waals surface area contributed by atoms with Crippen molar-refractivity contribution in [3.8, 4) is 0 Å². The van der Waals surface area contributed by atoms with Crippen LogP contribution in [0.15, 0.2) is 97.1 Å². The summed E-state index contributed by atoms with van der Waals surface area (Å²) in [6, 6.07) is 29.0. The van der Waals surface area contributed by atoms with E-state index in [9.17, 15) is 4.79 Å². The molecule has 1 heterocycles. The zero-order chi connectivity index (χ0) is 25.2. The smallest absolute Gasteiger partial charge is 0.330 e. The van der Waals surface area contributed by atoms with Crippen molar-refractivity contribution in [1.29, 1.82) is 0 Å². The van der Waals surface area contributed by atoms with E-state index in [-0.39, 0.29) is 18.1 Å². The van der Waals surface area contributed by atoms with Gasteiger partial charge in [-0.15, -0.1) is 0 Å². The minimum Gasteiger partial charge on any atom is -0.463 e.